The van der Waals surface area contributed by atoms with E-state index in [4.69, 9.17) is 4.74 Å². The van der Waals surface area contributed by atoms with Crippen molar-refractivity contribution in [3.63, 3.8) is 0 Å². The lowest BCUT2D eigenvalue weighted by molar-refractivity contribution is -0.145. The van der Waals surface area contributed by atoms with E-state index < -0.39 is 11.5 Å². The second kappa shape index (κ2) is 17.5. The third-order valence-corrected chi connectivity index (χ3v) is 6.94. The molecule has 1 fully saturated rings. The minimum Gasteiger partial charge on any atom is -0.461 e. The monoisotopic (exact) mass is 468 g/mol. The first kappa shape index (κ1) is 29.0. The highest BCUT2D eigenvalue weighted by molar-refractivity contribution is 7.18. The molecule has 0 saturated heterocycles. The van der Waals surface area contributed by atoms with Crippen molar-refractivity contribution in [2.45, 2.75) is 122 Å². The molecule has 0 aliphatic heterocycles. The maximum atomic E-state index is 14.1. The predicted molar refractivity (Wildman–Crippen MR) is 135 cm³/mol. The molecule has 1 aromatic carbocycles. The molecule has 3 atom stereocenters. The normalized spacial score (nSPS) is 16.7. The smallest absolute Gasteiger partial charge is 0.306 e. The lowest BCUT2D eigenvalue weighted by Crippen LogP contribution is -2.32. The molecule has 0 amide bonds. The molecule has 1 aliphatic rings. The van der Waals surface area contributed by atoms with Gasteiger partial charge >= 0.3 is 5.97 Å². The van der Waals surface area contributed by atoms with E-state index in [9.17, 15) is 14.3 Å². The Morgan fingerprint density at radius 3 is 2.41 bits per heavy atom. The first-order chi connectivity index (χ1) is 15.4. The van der Waals surface area contributed by atoms with E-state index in [0.717, 1.165) is 43.6 Å². The average molecular weight is 469 g/mol. The molecule has 3 nitrogen and oxygen atoms in total. The lowest BCUT2D eigenvalue weighted by Gasteiger charge is -2.27. The molecule has 1 aliphatic carbocycles. The second-order valence-corrected chi connectivity index (χ2v) is 10.2. The summed E-state index contributed by atoms with van der Waals surface area (Å²) in [4.78, 5) is 11.4. The van der Waals surface area contributed by atoms with Crippen LogP contribution in [0.15, 0.2) is 30.3 Å². The average Bonchev–Trinajstić information content (AvgIpc) is 3.32. The Balaban J connectivity index is 0.000000320. The third kappa shape index (κ3) is 13.5. The van der Waals surface area contributed by atoms with Crippen molar-refractivity contribution < 1.29 is 19.0 Å². The van der Waals surface area contributed by atoms with Crippen molar-refractivity contribution >= 4 is 15.2 Å². The molecule has 2 rings (SSSR count). The number of halogens is 1. The molecule has 0 heterocycles. The quantitative estimate of drug-likeness (QED) is 0.172. The van der Waals surface area contributed by atoms with Gasteiger partial charge in [0.25, 0.3) is 0 Å². The molecule has 184 valence electrons. The molecule has 1 saturated carbocycles. The van der Waals surface area contributed by atoms with E-state index in [2.05, 4.69) is 16.2 Å². The molecule has 0 radical (unpaired) electrons. The maximum absolute atomic E-state index is 14.1. The fraction of sp³-hybridized carbons (Fsp3) is 0.741. The van der Waals surface area contributed by atoms with Gasteiger partial charge in [-0.25, -0.2) is 4.39 Å². The Labute approximate surface area is 198 Å². The van der Waals surface area contributed by atoms with Crippen LogP contribution in [-0.2, 0) is 16.1 Å². The van der Waals surface area contributed by atoms with Crippen molar-refractivity contribution in [3.05, 3.63) is 35.9 Å². The highest BCUT2D eigenvalue weighted by Gasteiger charge is 2.32. The largest absolute Gasteiger partial charge is 0.461 e. The second-order valence-electron chi connectivity index (χ2n) is 9.23. The van der Waals surface area contributed by atoms with Crippen LogP contribution in [0.3, 0.4) is 0 Å². The number of carbonyl (C=O) groups excluding carboxylic acids is 1. The number of carbonyl (C=O) groups is 1. The highest BCUT2D eigenvalue weighted by atomic mass is 31.0. The highest BCUT2D eigenvalue weighted by Crippen LogP contribution is 2.36. The molecule has 1 aromatic rings. The number of hydrogen-bond acceptors (Lipinski definition) is 3. The summed E-state index contributed by atoms with van der Waals surface area (Å²) < 4.78 is 19.2. The number of alkyl halides is 1. The summed E-state index contributed by atoms with van der Waals surface area (Å²) in [5.74, 6) is 0.654. The molecule has 32 heavy (non-hydrogen) atoms. The fourth-order valence-corrected chi connectivity index (χ4v) is 4.42. The van der Waals surface area contributed by atoms with Crippen LogP contribution in [0.25, 0.3) is 0 Å². The van der Waals surface area contributed by atoms with E-state index in [1.807, 2.05) is 37.3 Å². The third-order valence-electron chi connectivity index (χ3n) is 6.27. The molecule has 0 spiro atoms. The van der Waals surface area contributed by atoms with Gasteiger partial charge in [0, 0.05) is 6.42 Å². The minimum absolute atomic E-state index is 0.0834. The number of benzene rings is 1. The van der Waals surface area contributed by atoms with Gasteiger partial charge in [0.2, 0.25) is 0 Å². The zero-order chi connectivity index (χ0) is 23.7. The Hall–Kier alpha value is -0.990. The molecule has 0 bridgehead atoms. The van der Waals surface area contributed by atoms with Crippen molar-refractivity contribution in [1.82, 2.24) is 0 Å². The van der Waals surface area contributed by atoms with Gasteiger partial charge in [-0.05, 0) is 37.2 Å². The zero-order valence-electron chi connectivity index (χ0n) is 20.4. The van der Waals surface area contributed by atoms with Crippen LogP contribution < -0.4 is 0 Å². The van der Waals surface area contributed by atoms with Gasteiger partial charge in [0.05, 0.1) is 6.10 Å². The number of ether oxygens (including phenoxy) is 1. The molecule has 1 N–H and O–H groups in total. The van der Waals surface area contributed by atoms with Gasteiger partial charge in [-0.2, -0.15) is 0 Å². The van der Waals surface area contributed by atoms with Crippen LogP contribution in [0, 0.1) is 5.92 Å². The zero-order valence-corrected chi connectivity index (χ0v) is 21.5. The summed E-state index contributed by atoms with van der Waals surface area (Å²) in [6, 6.07) is 9.78. The maximum Gasteiger partial charge on any atom is 0.306 e. The summed E-state index contributed by atoms with van der Waals surface area (Å²) >= 11 is 0. The number of aliphatic hydroxyl groups is 1. The van der Waals surface area contributed by atoms with Crippen molar-refractivity contribution in [2.75, 3.05) is 0 Å². The first-order valence-electron chi connectivity index (χ1n) is 12.7. The van der Waals surface area contributed by atoms with Crippen LogP contribution in [0.1, 0.15) is 109 Å². The van der Waals surface area contributed by atoms with Crippen molar-refractivity contribution in [3.8, 4) is 0 Å². The number of unbranched alkanes of at least 4 members (excludes halogenated alkanes) is 4. The van der Waals surface area contributed by atoms with Gasteiger partial charge in [0.1, 0.15) is 12.0 Å². The van der Waals surface area contributed by atoms with E-state index in [0.29, 0.717) is 25.9 Å². The summed E-state index contributed by atoms with van der Waals surface area (Å²) in [7, 11) is 2.22. The molecular weight excluding hydrogens is 422 g/mol. The molecule has 3 unspecified atom stereocenters. The Morgan fingerprint density at radius 2 is 1.78 bits per heavy atom. The van der Waals surface area contributed by atoms with Crippen molar-refractivity contribution in [2.24, 2.45) is 5.92 Å². The van der Waals surface area contributed by atoms with Crippen LogP contribution in [0.4, 0.5) is 4.39 Å². The molecular formula is C27H46FO3P. The van der Waals surface area contributed by atoms with E-state index in [-0.39, 0.29) is 5.97 Å². The first-order valence-corrected chi connectivity index (χ1v) is 13.3. The standard InChI is InChI=1S/C14H20O2.C13H26FOP/c1-2-3-4-8-11-14(15)16-12-13-9-6-5-7-10-13;1-2-3-10-13(14,16)12(15)9-8-11-6-4-5-7-11/h5-7,9-10H,2-4,8,11-12H2,1H3;11-12,15H,2-10,16H2,1H3. The van der Waals surface area contributed by atoms with Crippen LogP contribution in [-0.4, -0.2) is 22.6 Å². The van der Waals surface area contributed by atoms with Crippen LogP contribution in [0.2, 0.25) is 0 Å². The number of esters is 1. The molecule has 0 aromatic heterocycles. The summed E-state index contributed by atoms with van der Waals surface area (Å²) in [6.45, 7) is 4.60. The Bertz CT molecular complexity index is 588. The number of hydrogen-bond donors (Lipinski definition) is 1. The topological polar surface area (TPSA) is 46.5 Å². The summed E-state index contributed by atoms with van der Waals surface area (Å²) in [5.41, 5.74) is 1.05. The van der Waals surface area contributed by atoms with E-state index >= 15 is 0 Å². The van der Waals surface area contributed by atoms with Crippen LogP contribution in [0.5, 0.6) is 0 Å². The van der Waals surface area contributed by atoms with E-state index in [1.54, 1.807) is 0 Å². The van der Waals surface area contributed by atoms with Gasteiger partial charge in [-0.1, -0.05) is 111 Å². The van der Waals surface area contributed by atoms with Gasteiger partial charge in [-0.15, -0.1) is 0 Å². The van der Waals surface area contributed by atoms with Crippen molar-refractivity contribution in [1.29, 1.82) is 0 Å². The number of rotatable bonds is 14. The summed E-state index contributed by atoms with van der Waals surface area (Å²) in [5, 5.41) is 8.40. The van der Waals surface area contributed by atoms with E-state index in [1.165, 1.54) is 38.5 Å². The molecule has 5 heteroatoms. The van der Waals surface area contributed by atoms with Crippen LogP contribution >= 0.6 is 9.24 Å². The van der Waals surface area contributed by atoms with Gasteiger partial charge in [0.15, 0.2) is 0 Å². The Kier molecular flexibility index (Phi) is 15.9. The number of aliphatic hydroxyl groups excluding tert-OH is 1. The van der Waals surface area contributed by atoms with Gasteiger partial charge in [-0.3, -0.25) is 4.79 Å². The SMILES string of the molecule is CCCCC(F)(P)C(O)CCC1CCCC1.CCCCCCC(=O)OCc1ccccc1. The Morgan fingerprint density at radius 1 is 1.12 bits per heavy atom. The van der Waals surface area contributed by atoms with Gasteiger partial charge < -0.3 is 9.84 Å². The lowest BCUT2D eigenvalue weighted by atomic mass is 9.96. The predicted octanol–water partition coefficient (Wildman–Crippen LogP) is 7.75. The minimum atomic E-state index is -1.46. The summed E-state index contributed by atoms with van der Waals surface area (Å²) in [6.07, 6.45) is 13.3. The fourth-order valence-electron chi connectivity index (χ4n) is 4.05.